The van der Waals surface area contributed by atoms with Crippen LogP contribution in [0.4, 0.5) is 11.6 Å². The topological polar surface area (TPSA) is 123 Å². The summed E-state index contributed by atoms with van der Waals surface area (Å²) in [7, 11) is -2.02. The maximum Gasteiger partial charge on any atom is 0.212 e. The second-order valence-corrected chi connectivity index (χ2v) is 8.04. The molecule has 1 saturated heterocycles. The van der Waals surface area contributed by atoms with E-state index in [0.717, 1.165) is 0 Å². The molecule has 1 aromatic carbocycles. The van der Waals surface area contributed by atoms with Crippen LogP contribution < -0.4 is 10.6 Å². The van der Waals surface area contributed by atoms with Gasteiger partial charge in [0.2, 0.25) is 9.84 Å². The van der Waals surface area contributed by atoms with E-state index in [9.17, 15) is 8.42 Å². The van der Waals surface area contributed by atoms with Gasteiger partial charge in [-0.25, -0.2) is 18.4 Å². The minimum atomic E-state index is -3.83. The number of hydrogen-bond acceptors (Lipinski definition) is 8. The van der Waals surface area contributed by atoms with Crippen LogP contribution in [0.25, 0.3) is 11.0 Å². The largest absolute Gasteiger partial charge is 0.384 e. The summed E-state index contributed by atoms with van der Waals surface area (Å²) in [4.78, 5) is 13.3. The molecule has 142 valence electrons. The number of nitrogens with zero attached hydrogens (tertiary/aromatic N) is 3. The van der Waals surface area contributed by atoms with Gasteiger partial charge in [-0.15, -0.1) is 0 Å². The number of sulfone groups is 1. The maximum absolute atomic E-state index is 13.1. The van der Waals surface area contributed by atoms with Crippen molar-refractivity contribution in [2.75, 3.05) is 37.4 Å². The van der Waals surface area contributed by atoms with E-state index in [2.05, 4.69) is 15.0 Å². The standard InChI is InChI=1S/C17H19N5O4S/c1-22(9-12-25-7-8-26-12)17-14-13(19-10-20-17)15(16(18)21-14)27(23,24)11-5-3-2-4-6-11/h2-6,10,12,21H,7-9,18H2,1H3. The van der Waals surface area contributed by atoms with E-state index in [1.807, 2.05) is 11.9 Å². The Morgan fingerprint density at radius 3 is 2.63 bits per heavy atom. The highest BCUT2D eigenvalue weighted by Gasteiger charge is 2.28. The molecule has 1 fully saturated rings. The molecule has 0 unspecified atom stereocenters. The SMILES string of the molecule is CN(CC1OCCO1)c1ncnc2c(S(=O)(=O)c3ccccc3)c(N)[nH]c12. The molecule has 0 aliphatic carbocycles. The molecule has 0 saturated carbocycles. The van der Waals surface area contributed by atoms with Gasteiger partial charge in [0.05, 0.1) is 24.7 Å². The lowest BCUT2D eigenvalue weighted by Gasteiger charge is -2.21. The van der Waals surface area contributed by atoms with Gasteiger partial charge in [-0.05, 0) is 12.1 Å². The number of aromatic amines is 1. The van der Waals surface area contributed by atoms with Crippen molar-refractivity contribution in [3.63, 3.8) is 0 Å². The Bertz CT molecular complexity index is 1060. The molecule has 1 aliphatic rings. The van der Waals surface area contributed by atoms with Crippen molar-refractivity contribution in [2.24, 2.45) is 0 Å². The summed E-state index contributed by atoms with van der Waals surface area (Å²) in [6.07, 6.45) is 0.960. The molecule has 1 aliphatic heterocycles. The average Bonchev–Trinajstić information content (AvgIpc) is 3.28. The number of benzene rings is 1. The first kappa shape index (κ1) is 17.7. The number of nitrogens with one attached hydrogen (secondary N) is 1. The Balaban J connectivity index is 1.79. The van der Waals surface area contributed by atoms with Crippen molar-refractivity contribution in [1.82, 2.24) is 15.0 Å². The number of H-pyrrole nitrogens is 1. The minimum absolute atomic E-state index is 0.0253. The first-order chi connectivity index (χ1) is 13.0. The molecular weight excluding hydrogens is 370 g/mol. The second-order valence-electron chi connectivity index (χ2n) is 6.16. The lowest BCUT2D eigenvalue weighted by Crippen LogP contribution is -2.30. The van der Waals surface area contributed by atoms with Crippen molar-refractivity contribution in [3.8, 4) is 0 Å². The molecule has 0 radical (unpaired) electrons. The lowest BCUT2D eigenvalue weighted by molar-refractivity contribution is -0.0336. The number of hydrogen-bond donors (Lipinski definition) is 2. The third-order valence-corrected chi connectivity index (χ3v) is 6.19. The van der Waals surface area contributed by atoms with E-state index in [0.29, 0.717) is 31.1 Å². The molecule has 3 aromatic rings. The van der Waals surface area contributed by atoms with E-state index >= 15 is 0 Å². The van der Waals surface area contributed by atoms with Crippen molar-refractivity contribution < 1.29 is 17.9 Å². The number of fused-ring (bicyclic) bond motifs is 1. The fourth-order valence-electron chi connectivity index (χ4n) is 3.08. The molecule has 27 heavy (non-hydrogen) atoms. The third kappa shape index (κ3) is 3.11. The number of nitrogen functional groups attached to an aromatic ring is 1. The first-order valence-electron chi connectivity index (χ1n) is 8.35. The summed E-state index contributed by atoms with van der Waals surface area (Å²) in [5.74, 6) is 0.540. The second kappa shape index (κ2) is 6.80. The van der Waals surface area contributed by atoms with Gasteiger partial charge >= 0.3 is 0 Å². The van der Waals surface area contributed by atoms with Gasteiger partial charge in [0, 0.05) is 7.05 Å². The highest BCUT2D eigenvalue weighted by molar-refractivity contribution is 7.92. The summed E-state index contributed by atoms with van der Waals surface area (Å²) in [5, 5.41) is 0. The van der Waals surface area contributed by atoms with Crippen LogP contribution in [-0.4, -0.2) is 56.5 Å². The van der Waals surface area contributed by atoms with Crippen LogP contribution in [0.5, 0.6) is 0 Å². The lowest BCUT2D eigenvalue weighted by atomic mass is 10.4. The summed E-state index contributed by atoms with van der Waals surface area (Å²) in [5.41, 5.74) is 6.74. The molecule has 9 nitrogen and oxygen atoms in total. The normalized spacial score (nSPS) is 15.4. The van der Waals surface area contributed by atoms with Gasteiger partial charge in [0.15, 0.2) is 12.1 Å². The highest BCUT2D eigenvalue weighted by atomic mass is 32.2. The molecule has 3 N–H and O–H groups in total. The van der Waals surface area contributed by atoms with Crippen molar-refractivity contribution >= 4 is 32.5 Å². The Labute approximate surface area is 156 Å². The third-order valence-electron chi connectivity index (χ3n) is 4.34. The number of anilines is 2. The van der Waals surface area contributed by atoms with Crippen LogP contribution in [0.15, 0.2) is 46.5 Å². The molecule has 0 amide bonds. The zero-order chi connectivity index (χ0) is 19.0. The average molecular weight is 389 g/mol. The zero-order valence-electron chi connectivity index (χ0n) is 14.6. The summed E-state index contributed by atoms with van der Waals surface area (Å²) < 4.78 is 37.1. The molecular formula is C17H19N5O4S. The summed E-state index contributed by atoms with van der Waals surface area (Å²) in [6, 6.07) is 8.12. The zero-order valence-corrected chi connectivity index (χ0v) is 15.4. The minimum Gasteiger partial charge on any atom is -0.384 e. The van der Waals surface area contributed by atoms with Crippen LogP contribution in [0, 0.1) is 0 Å². The van der Waals surface area contributed by atoms with Gasteiger partial charge in [0.1, 0.15) is 28.1 Å². The maximum atomic E-state index is 13.1. The molecule has 0 spiro atoms. The van der Waals surface area contributed by atoms with E-state index < -0.39 is 9.84 Å². The van der Waals surface area contributed by atoms with Gasteiger partial charge < -0.3 is 25.1 Å². The summed E-state index contributed by atoms with van der Waals surface area (Å²) >= 11 is 0. The number of likely N-dealkylation sites (N-methyl/N-ethyl adjacent to an activating group) is 1. The van der Waals surface area contributed by atoms with E-state index in [1.54, 1.807) is 18.2 Å². The van der Waals surface area contributed by atoms with Crippen molar-refractivity contribution in [3.05, 3.63) is 36.7 Å². The van der Waals surface area contributed by atoms with Crippen LogP contribution in [-0.2, 0) is 19.3 Å². The molecule has 0 bridgehead atoms. The number of rotatable bonds is 5. The monoisotopic (exact) mass is 389 g/mol. The van der Waals surface area contributed by atoms with Gasteiger partial charge in [-0.2, -0.15) is 0 Å². The smallest absolute Gasteiger partial charge is 0.212 e. The molecule has 4 rings (SSSR count). The van der Waals surface area contributed by atoms with Crippen molar-refractivity contribution in [2.45, 2.75) is 16.1 Å². The van der Waals surface area contributed by atoms with Crippen LogP contribution in [0.1, 0.15) is 0 Å². The molecule has 3 heterocycles. The first-order valence-corrected chi connectivity index (χ1v) is 9.83. The Kier molecular flexibility index (Phi) is 4.46. The number of nitrogens with two attached hydrogens (primary N) is 1. The van der Waals surface area contributed by atoms with Crippen LogP contribution in [0.2, 0.25) is 0 Å². The van der Waals surface area contributed by atoms with Crippen LogP contribution in [0.3, 0.4) is 0 Å². The molecule has 2 aromatic heterocycles. The predicted molar refractivity (Wildman–Crippen MR) is 99.2 cm³/mol. The van der Waals surface area contributed by atoms with Gasteiger partial charge in [0.25, 0.3) is 0 Å². The van der Waals surface area contributed by atoms with Crippen molar-refractivity contribution in [1.29, 1.82) is 0 Å². The fraction of sp³-hybridized carbons (Fsp3) is 0.294. The molecule has 0 atom stereocenters. The van der Waals surface area contributed by atoms with Crippen LogP contribution >= 0.6 is 0 Å². The Morgan fingerprint density at radius 1 is 1.22 bits per heavy atom. The quantitative estimate of drug-likeness (QED) is 0.667. The van der Waals surface area contributed by atoms with E-state index in [1.165, 1.54) is 18.5 Å². The number of ether oxygens (including phenoxy) is 2. The van der Waals surface area contributed by atoms with Gasteiger partial charge in [-0.1, -0.05) is 18.2 Å². The summed E-state index contributed by atoms with van der Waals surface area (Å²) in [6.45, 7) is 1.53. The van der Waals surface area contributed by atoms with E-state index in [4.69, 9.17) is 15.2 Å². The fourth-order valence-corrected chi connectivity index (χ4v) is 4.59. The molecule has 10 heteroatoms. The highest BCUT2D eigenvalue weighted by Crippen LogP contribution is 2.34. The van der Waals surface area contributed by atoms with E-state index in [-0.39, 0.29) is 27.4 Å². The predicted octanol–water partition coefficient (Wildman–Crippen LogP) is 1.18. The number of aromatic nitrogens is 3. The van der Waals surface area contributed by atoms with Gasteiger partial charge in [-0.3, -0.25) is 0 Å². The Hall–Kier alpha value is -2.69. The Morgan fingerprint density at radius 2 is 1.93 bits per heavy atom.